The normalized spacial score (nSPS) is 16.0. The molecule has 1 saturated heterocycles. The van der Waals surface area contributed by atoms with E-state index in [2.05, 4.69) is 5.32 Å². The molecule has 2 aromatic rings. The molecular formula is C22H20Cl2N2O4S. The summed E-state index contributed by atoms with van der Waals surface area (Å²) in [6, 6.07) is 11.7. The number of thioether (sulfide) groups is 1. The van der Waals surface area contributed by atoms with Gasteiger partial charge in [-0.25, -0.2) is 0 Å². The van der Waals surface area contributed by atoms with Crippen LogP contribution < -0.4 is 10.1 Å². The molecule has 3 rings (SSSR count). The first-order valence-corrected chi connectivity index (χ1v) is 11.1. The Bertz CT molecular complexity index is 1060. The number of anilines is 1. The van der Waals surface area contributed by atoms with E-state index in [1.807, 2.05) is 13.8 Å². The van der Waals surface area contributed by atoms with Crippen LogP contribution in [-0.2, 0) is 9.59 Å². The third-order valence-electron chi connectivity index (χ3n) is 4.44. The predicted molar refractivity (Wildman–Crippen MR) is 125 cm³/mol. The van der Waals surface area contributed by atoms with Crippen LogP contribution in [0.3, 0.4) is 0 Å². The highest BCUT2D eigenvalue weighted by molar-refractivity contribution is 8.18. The number of carbonyl (C=O) groups excluding carboxylic acids is 3. The summed E-state index contributed by atoms with van der Waals surface area (Å²) in [6.45, 7) is 3.57. The van der Waals surface area contributed by atoms with Gasteiger partial charge in [0.2, 0.25) is 5.91 Å². The highest BCUT2D eigenvalue weighted by Gasteiger charge is 2.36. The molecule has 0 radical (unpaired) electrons. The number of halogens is 2. The van der Waals surface area contributed by atoms with Crippen molar-refractivity contribution in [1.82, 2.24) is 4.90 Å². The lowest BCUT2D eigenvalue weighted by molar-refractivity contribution is -0.127. The average Bonchev–Trinajstić information content (AvgIpc) is 2.97. The minimum absolute atomic E-state index is 0.0258. The molecule has 31 heavy (non-hydrogen) atoms. The number of rotatable bonds is 7. The summed E-state index contributed by atoms with van der Waals surface area (Å²) >= 11 is 13.0. The number of hydrogen-bond acceptors (Lipinski definition) is 5. The summed E-state index contributed by atoms with van der Waals surface area (Å²) in [5, 5.41) is 2.98. The van der Waals surface area contributed by atoms with Crippen molar-refractivity contribution >= 4 is 63.8 Å². The molecule has 1 aliphatic heterocycles. The Morgan fingerprint density at radius 1 is 1.23 bits per heavy atom. The lowest BCUT2D eigenvalue weighted by Gasteiger charge is -2.14. The van der Waals surface area contributed by atoms with Gasteiger partial charge >= 0.3 is 0 Å². The predicted octanol–water partition coefficient (Wildman–Crippen LogP) is 5.85. The third-order valence-corrected chi connectivity index (χ3v) is 5.88. The van der Waals surface area contributed by atoms with Gasteiger partial charge in [-0.15, -0.1) is 0 Å². The second kappa shape index (κ2) is 10.2. The molecular weight excluding hydrogens is 459 g/mol. The fraction of sp³-hybridized carbons (Fsp3) is 0.227. The van der Waals surface area contributed by atoms with Gasteiger partial charge in [-0.05, 0) is 67.1 Å². The van der Waals surface area contributed by atoms with Gasteiger partial charge < -0.3 is 10.1 Å². The Morgan fingerprint density at radius 2 is 2.00 bits per heavy atom. The minimum Gasteiger partial charge on any atom is -0.489 e. The summed E-state index contributed by atoms with van der Waals surface area (Å²) in [6.07, 6.45) is 2.44. The van der Waals surface area contributed by atoms with Crippen molar-refractivity contribution in [2.75, 3.05) is 11.9 Å². The third kappa shape index (κ3) is 6.03. The fourth-order valence-electron chi connectivity index (χ4n) is 2.70. The molecule has 0 saturated carbocycles. The van der Waals surface area contributed by atoms with E-state index in [1.54, 1.807) is 48.5 Å². The molecule has 1 atom stereocenters. The Balaban J connectivity index is 1.68. The van der Waals surface area contributed by atoms with Gasteiger partial charge in [0, 0.05) is 10.7 Å². The first-order valence-electron chi connectivity index (χ1n) is 9.53. The summed E-state index contributed by atoms with van der Waals surface area (Å²) in [5.74, 6) is -0.480. The monoisotopic (exact) mass is 478 g/mol. The number of carbonyl (C=O) groups is 3. The van der Waals surface area contributed by atoms with Gasteiger partial charge in [0.15, 0.2) is 0 Å². The van der Waals surface area contributed by atoms with Gasteiger partial charge in [-0.2, -0.15) is 0 Å². The molecule has 0 aliphatic carbocycles. The van der Waals surface area contributed by atoms with E-state index in [4.69, 9.17) is 27.9 Å². The van der Waals surface area contributed by atoms with Gasteiger partial charge in [-0.3, -0.25) is 19.3 Å². The minimum atomic E-state index is -0.535. The zero-order chi connectivity index (χ0) is 22.5. The molecule has 1 aliphatic rings. The molecule has 2 aromatic carbocycles. The smallest absolute Gasteiger partial charge is 0.294 e. The topological polar surface area (TPSA) is 75.7 Å². The summed E-state index contributed by atoms with van der Waals surface area (Å²) in [4.78, 5) is 38.3. The molecule has 1 fully saturated rings. The van der Waals surface area contributed by atoms with Crippen LogP contribution in [0, 0.1) is 0 Å². The van der Waals surface area contributed by atoms with E-state index in [1.165, 1.54) is 0 Å². The van der Waals surface area contributed by atoms with Crippen LogP contribution in [0.15, 0.2) is 47.4 Å². The van der Waals surface area contributed by atoms with E-state index >= 15 is 0 Å². The maximum absolute atomic E-state index is 12.7. The quantitative estimate of drug-likeness (QED) is 0.505. The standard InChI is InChI=1S/C22H20Cl2N2O4S/c1-3-13(2)30-18-8-7-14(9-17(18)24)10-19-21(28)26(22(29)31-19)12-20(27)25-16-6-4-5-15(23)11-16/h4-11,13H,3,12H2,1-2H3,(H,25,27)/b19-10-/t13-/m0/s1. The SMILES string of the molecule is CC[C@H](C)Oc1ccc(/C=C2\SC(=O)N(CC(=O)Nc3cccc(Cl)c3)C2=O)cc1Cl. The lowest BCUT2D eigenvalue weighted by atomic mass is 10.2. The largest absolute Gasteiger partial charge is 0.489 e. The lowest BCUT2D eigenvalue weighted by Crippen LogP contribution is -2.36. The maximum atomic E-state index is 12.7. The Morgan fingerprint density at radius 3 is 2.68 bits per heavy atom. The molecule has 0 spiro atoms. The fourth-order valence-corrected chi connectivity index (χ4v) is 3.96. The number of ether oxygens (including phenoxy) is 1. The maximum Gasteiger partial charge on any atom is 0.294 e. The van der Waals surface area contributed by atoms with Crippen LogP contribution in [0.2, 0.25) is 10.0 Å². The first-order chi connectivity index (χ1) is 14.8. The van der Waals surface area contributed by atoms with Crippen molar-refractivity contribution in [1.29, 1.82) is 0 Å². The molecule has 0 aromatic heterocycles. The van der Waals surface area contributed by atoms with E-state index < -0.39 is 23.6 Å². The second-order valence-electron chi connectivity index (χ2n) is 6.85. The van der Waals surface area contributed by atoms with Crippen molar-refractivity contribution in [3.05, 3.63) is 63.0 Å². The molecule has 162 valence electrons. The van der Waals surface area contributed by atoms with Crippen molar-refractivity contribution in [3.63, 3.8) is 0 Å². The molecule has 1 N–H and O–H groups in total. The van der Waals surface area contributed by atoms with Gasteiger partial charge in [0.05, 0.1) is 16.0 Å². The summed E-state index contributed by atoms with van der Waals surface area (Å²) in [5.41, 5.74) is 1.13. The van der Waals surface area contributed by atoms with Crippen LogP contribution in [-0.4, -0.2) is 34.6 Å². The van der Waals surface area contributed by atoms with Crippen molar-refractivity contribution in [3.8, 4) is 5.75 Å². The first kappa shape index (κ1) is 23.2. The highest BCUT2D eigenvalue weighted by atomic mass is 35.5. The van der Waals surface area contributed by atoms with Crippen LogP contribution in [0.4, 0.5) is 10.5 Å². The Labute approximate surface area is 194 Å². The molecule has 0 bridgehead atoms. The van der Waals surface area contributed by atoms with E-state index in [9.17, 15) is 14.4 Å². The van der Waals surface area contributed by atoms with Gasteiger partial charge in [0.1, 0.15) is 12.3 Å². The van der Waals surface area contributed by atoms with E-state index in [0.29, 0.717) is 27.0 Å². The van der Waals surface area contributed by atoms with Crippen LogP contribution in [0.1, 0.15) is 25.8 Å². The second-order valence-corrected chi connectivity index (χ2v) is 8.69. The van der Waals surface area contributed by atoms with Gasteiger partial charge in [-0.1, -0.05) is 42.3 Å². The zero-order valence-corrected chi connectivity index (χ0v) is 19.2. The molecule has 9 heteroatoms. The molecule has 0 unspecified atom stereocenters. The number of imide groups is 1. The van der Waals surface area contributed by atoms with Crippen molar-refractivity contribution < 1.29 is 19.1 Å². The van der Waals surface area contributed by atoms with Gasteiger partial charge in [0.25, 0.3) is 11.1 Å². The van der Waals surface area contributed by atoms with Crippen molar-refractivity contribution in [2.45, 2.75) is 26.4 Å². The Kier molecular flexibility index (Phi) is 7.64. The Hall–Kier alpha value is -2.48. The zero-order valence-electron chi connectivity index (χ0n) is 16.9. The number of benzene rings is 2. The summed E-state index contributed by atoms with van der Waals surface area (Å²) in [7, 11) is 0. The van der Waals surface area contributed by atoms with Crippen LogP contribution in [0.25, 0.3) is 6.08 Å². The average molecular weight is 479 g/mol. The number of hydrogen-bond donors (Lipinski definition) is 1. The van der Waals surface area contributed by atoms with E-state index in [-0.39, 0.29) is 11.0 Å². The van der Waals surface area contributed by atoms with E-state index in [0.717, 1.165) is 23.1 Å². The molecule has 3 amide bonds. The number of nitrogens with zero attached hydrogens (tertiary/aromatic N) is 1. The molecule has 6 nitrogen and oxygen atoms in total. The number of amides is 3. The summed E-state index contributed by atoms with van der Waals surface area (Å²) < 4.78 is 5.73. The molecule has 1 heterocycles. The highest BCUT2D eigenvalue weighted by Crippen LogP contribution is 2.34. The van der Waals surface area contributed by atoms with Crippen LogP contribution >= 0.6 is 35.0 Å². The number of nitrogens with one attached hydrogen (secondary N) is 1. The van der Waals surface area contributed by atoms with Crippen molar-refractivity contribution in [2.24, 2.45) is 0 Å². The van der Waals surface area contributed by atoms with Crippen LogP contribution in [0.5, 0.6) is 5.75 Å².